The van der Waals surface area contributed by atoms with Crippen LogP contribution in [-0.4, -0.2) is 63.4 Å². The topological polar surface area (TPSA) is 60.1 Å². The van der Waals surface area contributed by atoms with Gasteiger partial charge >= 0.3 is 0 Å². The Kier molecular flexibility index (Phi) is 8.57. The number of hydrogen-bond donors (Lipinski definition) is 5. The van der Waals surface area contributed by atoms with Crippen LogP contribution in [0.2, 0.25) is 0 Å². The Morgan fingerprint density at radius 1 is 0.526 bits per heavy atom. The molecule has 0 amide bonds. The second-order valence-electron chi connectivity index (χ2n) is 5.99. The van der Waals surface area contributed by atoms with E-state index in [-0.39, 0.29) is 0 Å². The summed E-state index contributed by atoms with van der Waals surface area (Å²) in [5.41, 5.74) is 0. The monoisotopic (exact) mass is 271 g/mol. The molecule has 5 heteroatoms. The SMILES string of the molecule is C[C@@H]1CN[C@@H](C)CN[C@@H](C)CNCCN[C@@H](C)CN1. The second kappa shape index (κ2) is 9.66. The highest BCUT2D eigenvalue weighted by molar-refractivity contribution is 4.75. The van der Waals surface area contributed by atoms with Crippen molar-refractivity contribution in [3.05, 3.63) is 0 Å². The van der Waals surface area contributed by atoms with Gasteiger partial charge in [-0.2, -0.15) is 0 Å². The molecule has 0 radical (unpaired) electrons. The fourth-order valence-corrected chi connectivity index (χ4v) is 2.15. The maximum atomic E-state index is 3.57. The van der Waals surface area contributed by atoms with Crippen LogP contribution in [0.4, 0.5) is 0 Å². The summed E-state index contributed by atoms with van der Waals surface area (Å²) in [6.45, 7) is 15.1. The molecule has 1 rings (SSSR count). The summed E-state index contributed by atoms with van der Waals surface area (Å²) < 4.78 is 0. The molecule has 1 fully saturated rings. The van der Waals surface area contributed by atoms with Crippen LogP contribution >= 0.6 is 0 Å². The normalized spacial score (nSPS) is 37.3. The average Bonchev–Trinajstić information content (AvgIpc) is 2.39. The zero-order chi connectivity index (χ0) is 14.1. The molecule has 0 aromatic carbocycles. The predicted molar refractivity (Wildman–Crippen MR) is 82.7 cm³/mol. The van der Waals surface area contributed by atoms with Crippen LogP contribution in [-0.2, 0) is 0 Å². The van der Waals surface area contributed by atoms with Gasteiger partial charge in [0.15, 0.2) is 0 Å². The van der Waals surface area contributed by atoms with E-state index in [4.69, 9.17) is 0 Å². The Balaban J connectivity index is 2.37. The minimum absolute atomic E-state index is 0.507. The molecule has 4 atom stereocenters. The third-order valence-corrected chi connectivity index (χ3v) is 3.56. The Morgan fingerprint density at radius 3 is 1.47 bits per heavy atom. The highest BCUT2D eigenvalue weighted by Gasteiger charge is 2.09. The molecule has 0 aliphatic carbocycles. The molecule has 0 unspecified atom stereocenters. The van der Waals surface area contributed by atoms with Gasteiger partial charge < -0.3 is 26.6 Å². The van der Waals surface area contributed by atoms with Crippen molar-refractivity contribution in [3.8, 4) is 0 Å². The fraction of sp³-hybridized carbons (Fsp3) is 1.00. The molecule has 5 N–H and O–H groups in total. The van der Waals surface area contributed by atoms with Gasteiger partial charge in [-0.05, 0) is 27.7 Å². The van der Waals surface area contributed by atoms with Crippen molar-refractivity contribution in [2.45, 2.75) is 51.9 Å². The van der Waals surface area contributed by atoms with Crippen LogP contribution in [0, 0.1) is 0 Å². The molecule has 0 saturated carbocycles. The van der Waals surface area contributed by atoms with Gasteiger partial charge in [-0.15, -0.1) is 0 Å². The Hall–Kier alpha value is -0.200. The standard InChI is InChI=1S/C14H33N5/c1-11-7-15-5-6-16-12(2)8-18-14(4)10-19-13(3)9-17-11/h11-19H,5-10H2,1-4H3/t11-,12-,13-,14+/m0/s1. The Morgan fingerprint density at radius 2 is 0.947 bits per heavy atom. The molecule has 0 aromatic rings. The molecule has 1 aliphatic rings. The van der Waals surface area contributed by atoms with E-state index in [0.717, 1.165) is 39.3 Å². The first-order chi connectivity index (χ1) is 9.08. The van der Waals surface area contributed by atoms with Crippen molar-refractivity contribution in [1.29, 1.82) is 0 Å². The number of hydrogen-bond acceptors (Lipinski definition) is 5. The summed E-state index contributed by atoms with van der Waals surface area (Å²) in [7, 11) is 0. The maximum absolute atomic E-state index is 3.57. The lowest BCUT2D eigenvalue weighted by atomic mass is 10.2. The summed E-state index contributed by atoms with van der Waals surface area (Å²) in [4.78, 5) is 0. The lowest BCUT2D eigenvalue weighted by Gasteiger charge is -2.22. The smallest absolute Gasteiger partial charge is 0.0164 e. The minimum Gasteiger partial charge on any atom is -0.314 e. The summed E-state index contributed by atoms with van der Waals surface area (Å²) in [5, 5.41) is 17.7. The quantitative estimate of drug-likeness (QED) is 0.411. The van der Waals surface area contributed by atoms with Crippen LogP contribution < -0.4 is 26.6 Å². The van der Waals surface area contributed by atoms with Crippen LogP contribution in [0.15, 0.2) is 0 Å². The van der Waals surface area contributed by atoms with Crippen molar-refractivity contribution < 1.29 is 0 Å². The van der Waals surface area contributed by atoms with Crippen LogP contribution in [0.5, 0.6) is 0 Å². The van der Waals surface area contributed by atoms with Gasteiger partial charge in [0.1, 0.15) is 0 Å². The number of rotatable bonds is 0. The van der Waals surface area contributed by atoms with Crippen molar-refractivity contribution in [3.63, 3.8) is 0 Å². The molecule has 114 valence electrons. The zero-order valence-electron chi connectivity index (χ0n) is 13.1. The first-order valence-corrected chi connectivity index (χ1v) is 7.72. The fourth-order valence-electron chi connectivity index (χ4n) is 2.15. The van der Waals surface area contributed by atoms with Crippen LogP contribution in [0.25, 0.3) is 0 Å². The molecular formula is C14H33N5. The van der Waals surface area contributed by atoms with E-state index in [0.29, 0.717) is 24.2 Å². The van der Waals surface area contributed by atoms with E-state index in [1.165, 1.54) is 0 Å². The van der Waals surface area contributed by atoms with Crippen molar-refractivity contribution in [2.24, 2.45) is 0 Å². The van der Waals surface area contributed by atoms with Gasteiger partial charge in [-0.3, -0.25) is 0 Å². The van der Waals surface area contributed by atoms with E-state index >= 15 is 0 Å². The van der Waals surface area contributed by atoms with Crippen molar-refractivity contribution in [1.82, 2.24) is 26.6 Å². The van der Waals surface area contributed by atoms with E-state index in [9.17, 15) is 0 Å². The van der Waals surface area contributed by atoms with Gasteiger partial charge in [-0.25, -0.2) is 0 Å². The third-order valence-electron chi connectivity index (χ3n) is 3.56. The molecule has 1 saturated heterocycles. The molecule has 0 bridgehead atoms. The highest BCUT2D eigenvalue weighted by Crippen LogP contribution is 1.88. The van der Waals surface area contributed by atoms with E-state index in [2.05, 4.69) is 54.3 Å². The molecule has 0 aromatic heterocycles. The second-order valence-corrected chi connectivity index (χ2v) is 5.99. The summed E-state index contributed by atoms with van der Waals surface area (Å²) in [5.74, 6) is 0. The van der Waals surface area contributed by atoms with Gasteiger partial charge in [-0.1, -0.05) is 0 Å². The molecule has 19 heavy (non-hydrogen) atoms. The zero-order valence-corrected chi connectivity index (χ0v) is 13.1. The largest absolute Gasteiger partial charge is 0.314 e. The minimum atomic E-state index is 0.507. The van der Waals surface area contributed by atoms with Gasteiger partial charge in [0, 0.05) is 63.4 Å². The van der Waals surface area contributed by atoms with Crippen LogP contribution in [0.3, 0.4) is 0 Å². The molecule has 1 aliphatic heterocycles. The highest BCUT2D eigenvalue weighted by atomic mass is 15.1. The molecular weight excluding hydrogens is 238 g/mol. The summed E-state index contributed by atoms with van der Waals surface area (Å²) in [6, 6.07) is 2.05. The molecule has 1 heterocycles. The van der Waals surface area contributed by atoms with Crippen LogP contribution in [0.1, 0.15) is 27.7 Å². The van der Waals surface area contributed by atoms with Gasteiger partial charge in [0.05, 0.1) is 0 Å². The first kappa shape index (κ1) is 16.9. The van der Waals surface area contributed by atoms with Crippen molar-refractivity contribution >= 4 is 0 Å². The lowest BCUT2D eigenvalue weighted by molar-refractivity contribution is 0.416. The maximum Gasteiger partial charge on any atom is 0.0164 e. The summed E-state index contributed by atoms with van der Waals surface area (Å²) in [6.07, 6.45) is 0. The first-order valence-electron chi connectivity index (χ1n) is 7.72. The van der Waals surface area contributed by atoms with Gasteiger partial charge in [0.25, 0.3) is 0 Å². The van der Waals surface area contributed by atoms with E-state index in [1.807, 2.05) is 0 Å². The van der Waals surface area contributed by atoms with E-state index < -0.39 is 0 Å². The van der Waals surface area contributed by atoms with Crippen molar-refractivity contribution in [2.75, 3.05) is 39.3 Å². The molecule has 5 nitrogen and oxygen atoms in total. The number of nitrogens with one attached hydrogen (secondary N) is 5. The average molecular weight is 271 g/mol. The molecule has 0 spiro atoms. The van der Waals surface area contributed by atoms with Gasteiger partial charge in [0.2, 0.25) is 0 Å². The van der Waals surface area contributed by atoms with E-state index in [1.54, 1.807) is 0 Å². The predicted octanol–water partition coefficient (Wildman–Crippen LogP) is -0.498. The summed E-state index contributed by atoms with van der Waals surface area (Å²) >= 11 is 0. The third kappa shape index (κ3) is 8.55. The lowest BCUT2D eigenvalue weighted by Crippen LogP contribution is -2.47. The Labute approximate surface area is 118 Å². The Bertz CT molecular complexity index is 202.